The second-order valence-corrected chi connectivity index (χ2v) is 6.85. The van der Waals surface area contributed by atoms with E-state index in [-0.39, 0.29) is 11.7 Å². The van der Waals surface area contributed by atoms with Crippen molar-refractivity contribution in [2.24, 2.45) is 11.7 Å². The first-order chi connectivity index (χ1) is 9.03. The van der Waals surface area contributed by atoms with Crippen molar-refractivity contribution < 1.29 is 8.42 Å². The van der Waals surface area contributed by atoms with Gasteiger partial charge in [0.2, 0.25) is 10.0 Å². The number of rotatable bonds is 2. The van der Waals surface area contributed by atoms with Gasteiger partial charge in [0, 0.05) is 18.7 Å². The number of nitrogens with zero attached hydrogens (tertiary/aromatic N) is 1. The highest BCUT2D eigenvalue weighted by atomic mass is 32.2. The molecule has 1 aliphatic rings. The molecular formula is C14H18N2O2S. The molecule has 0 aliphatic carbocycles. The fourth-order valence-electron chi connectivity index (χ4n) is 2.26. The second-order valence-electron chi connectivity index (χ2n) is 4.84. The molecule has 0 bridgehead atoms. The number of sulfonamides is 1. The molecule has 5 heteroatoms. The van der Waals surface area contributed by atoms with E-state index in [0.717, 1.165) is 11.1 Å². The third-order valence-electron chi connectivity index (χ3n) is 3.09. The lowest BCUT2D eigenvalue weighted by molar-refractivity contribution is 0.409. The summed E-state index contributed by atoms with van der Waals surface area (Å²) in [5.74, 6) is 6.23. The van der Waals surface area contributed by atoms with Gasteiger partial charge in [0.15, 0.2) is 0 Å². The molecule has 0 radical (unpaired) electrons. The van der Waals surface area contributed by atoms with Crippen LogP contribution in [0.5, 0.6) is 0 Å². The summed E-state index contributed by atoms with van der Waals surface area (Å²) in [6, 6.07) is 7.60. The van der Waals surface area contributed by atoms with E-state index >= 15 is 0 Å². The quantitative estimate of drug-likeness (QED) is 0.813. The zero-order valence-electron chi connectivity index (χ0n) is 11.0. The maximum absolute atomic E-state index is 12.0. The highest BCUT2D eigenvalue weighted by Gasteiger charge is 2.33. The van der Waals surface area contributed by atoms with E-state index in [1.54, 1.807) is 4.31 Å². The lowest BCUT2D eigenvalue weighted by Gasteiger charge is -2.15. The standard InChI is InChI=1S/C14H18N2O2S/c1-12-9-16(19(17,18)11-12)10-14-6-3-2-5-13(14)7-4-8-15/h2-3,5-6,12H,8-11,15H2,1H3. The van der Waals surface area contributed by atoms with Crippen molar-refractivity contribution in [3.63, 3.8) is 0 Å². The van der Waals surface area contributed by atoms with Crippen LogP contribution in [0, 0.1) is 17.8 Å². The van der Waals surface area contributed by atoms with Gasteiger partial charge < -0.3 is 5.73 Å². The maximum atomic E-state index is 12.0. The van der Waals surface area contributed by atoms with Crippen LogP contribution in [0.15, 0.2) is 24.3 Å². The van der Waals surface area contributed by atoms with E-state index in [9.17, 15) is 8.42 Å². The van der Waals surface area contributed by atoms with Gasteiger partial charge >= 0.3 is 0 Å². The Morgan fingerprint density at radius 2 is 2.16 bits per heavy atom. The van der Waals surface area contributed by atoms with E-state index < -0.39 is 10.0 Å². The monoisotopic (exact) mass is 278 g/mol. The lowest BCUT2D eigenvalue weighted by Crippen LogP contribution is -2.25. The first-order valence-corrected chi connectivity index (χ1v) is 7.88. The summed E-state index contributed by atoms with van der Waals surface area (Å²) in [5.41, 5.74) is 7.15. The van der Waals surface area contributed by atoms with Gasteiger partial charge in [0.1, 0.15) is 0 Å². The Kier molecular flexibility index (Phi) is 4.25. The van der Waals surface area contributed by atoms with E-state index in [0.29, 0.717) is 19.6 Å². The van der Waals surface area contributed by atoms with E-state index in [1.165, 1.54) is 0 Å². The van der Waals surface area contributed by atoms with Gasteiger partial charge in [0.05, 0.1) is 12.3 Å². The minimum atomic E-state index is -3.11. The van der Waals surface area contributed by atoms with Crippen molar-refractivity contribution in [1.29, 1.82) is 0 Å². The third kappa shape index (κ3) is 3.35. The molecule has 1 heterocycles. The smallest absolute Gasteiger partial charge is 0.214 e. The fraction of sp³-hybridized carbons (Fsp3) is 0.429. The Bertz CT molecular complexity index is 614. The van der Waals surface area contributed by atoms with Crippen LogP contribution in [0.3, 0.4) is 0 Å². The van der Waals surface area contributed by atoms with Crippen LogP contribution in [-0.4, -0.2) is 31.6 Å². The van der Waals surface area contributed by atoms with Crippen molar-refractivity contribution in [2.75, 3.05) is 18.8 Å². The van der Waals surface area contributed by atoms with Crippen LogP contribution in [0.2, 0.25) is 0 Å². The Labute approximate surface area is 114 Å². The molecule has 2 rings (SSSR count). The fourth-order valence-corrected chi connectivity index (χ4v) is 4.11. The molecule has 0 spiro atoms. The summed E-state index contributed by atoms with van der Waals surface area (Å²) in [5, 5.41) is 0. The summed E-state index contributed by atoms with van der Waals surface area (Å²) in [4.78, 5) is 0. The van der Waals surface area contributed by atoms with Crippen LogP contribution in [-0.2, 0) is 16.6 Å². The summed E-state index contributed by atoms with van der Waals surface area (Å²) < 4.78 is 25.5. The van der Waals surface area contributed by atoms with Crippen molar-refractivity contribution in [3.05, 3.63) is 35.4 Å². The van der Waals surface area contributed by atoms with Gasteiger partial charge in [-0.2, -0.15) is 4.31 Å². The maximum Gasteiger partial charge on any atom is 0.214 e. The third-order valence-corrected chi connectivity index (χ3v) is 5.15. The van der Waals surface area contributed by atoms with Crippen LogP contribution in [0.1, 0.15) is 18.1 Å². The van der Waals surface area contributed by atoms with Crippen LogP contribution in [0.25, 0.3) is 0 Å². The number of nitrogens with two attached hydrogens (primary N) is 1. The molecule has 1 saturated heterocycles. The van der Waals surface area contributed by atoms with Gasteiger partial charge in [-0.15, -0.1) is 0 Å². The number of hydrogen-bond acceptors (Lipinski definition) is 3. The topological polar surface area (TPSA) is 63.4 Å². The highest BCUT2D eigenvalue weighted by molar-refractivity contribution is 7.89. The molecular weight excluding hydrogens is 260 g/mol. The molecule has 4 nitrogen and oxygen atoms in total. The molecule has 0 saturated carbocycles. The molecule has 1 fully saturated rings. The lowest BCUT2D eigenvalue weighted by atomic mass is 10.1. The van der Waals surface area contributed by atoms with Crippen molar-refractivity contribution in [2.45, 2.75) is 13.5 Å². The molecule has 1 atom stereocenters. The minimum absolute atomic E-state index is 0.187. The molecule has 0 aromatic heterocycles. The normalized spacial score (nSPS) is 21.9. The first kappa shape index (κ1) is 14.1. The summed E-state index contributed by atoms with van der Waals surface area (Å²) in [7, 11) is -3.11. The average Bonchev–Trinajstić information content (AvgIpc) is 2.61. The summed E-state index contributed by atoms with van der Waals surface area (Å²) in [6.45, 7) is 3.23. The van der Waals surface area contributed by atoms with E-state index in [1.807, 2.05) is 31.2 Å². The molecule has 1 aromatic rings. The molecule has 1 aliphatic heterocycles. The van der Waals surface area contributed by atoms with Crippen molar-refractivity contribution in [1.82, 2.24) is 4.31 Å². The molecule has 19 heavy (non-hydrogen) atoms. The van der Waals surface area contributed by atoms with Gasteiger partial charge in [-0.1, -0.05) is 37.0 Å². The molecule has 102 valence electrons. The predicted octanol–water partition coefficient (Wildman–Crippen LogP) is 0.778. The molecule has 2 N–H and O–H groups in total. The Morgan fingerprint density at radius 1 is 1.42 bits per heavy atom. The van der Waals surface area contributed by atoms with Gasteiger partial charge in [-0.3, -0.25) is 0 Å². The summed E-state index contributed by atoms with van der Waals surface area (Å²) >= 11 is 0. The zero-order valence-corrected chi connectivity index (χ0v) is 11.8. The minimum Gasteiger partial charge on any atom is -0.320 e. The van der Waals surface area contributed by atoms with Crippen LogP contribution >= 0.6 is 0 Å². The SMILES string of the molecule is CC1CN(Cc2ccccc2C#CCN)S(=O)(=O)C1. The van der Waals surface area contributed by atoms with E-state index in [4.69, 9.17) is 5.73 Å². The predicted molar refractivity (Wildman–Crippen MR) is 75.7 cm³/mol. The number of benzene rings is 1. The van der Waals surface area contributed by atoms with Crippen LogP contribution in [0.4, 0.5) is 0 Å². The molecule has 1 unspecified atom stereocenters. The summed E-state index contributed by atoms with van der Waals surface area (Å²) in [6.07, 6.45) is 0. The van der Waals surface area contributed by atoms with Gasteiger partial charge in [-0.25, -0.2) is 8.42 Å². The van der Waals surface area contributed by atoms with Crippen molar-refractivity contribution >= 4 is 10.0 Å². The Balaban J connectivity index is 2.25. The molecule has 0 amide bonds. The Hall–Kier alpha value is -1.35. The largest absolute Gasteiger partial charge is 0.320 e. The van der Waals surface area contributed by atoms with E-state index in [2.05, 4.69) is 11.8 Å². The van der Waals surface area contributed by atoms with Crippen LogP contribution < -0.4 is 5.73 Å². The molecule has 1 aromatic carbocycles. The van der Waals surface area contributed by atoms with Crippen molar-refractivity contribution in [3.8, 4) is 11.8 Å². The number of hydrogen-bond donors (Lipinski definition) is 1. The Morgan fingerprint density at radius 3 is 2.79 bits per heavy atom. The average molecular weight is 278 g/mol. The van der Waals surface area contributed by atoms with Gasteiger partial charge in [-0.05, 0) is 17.5 Å². The first-order valence-electron chi connectivity index (χ1n) is 6.27. The highest BCUT2D eigenvalue weighted by Crippen LogP contribution is 2.22. The zero-order chi connectivity index (χ0) is 13.9. The second kappa shape index (κ2) is 5.74. The van der Waals surface area contributed by atoms with Gasteiger partial charge in [0.25, 0.3) is 0 Å².